The van der Waals surface area contributed by atoms with Crippen LogP contribution in [0, 0.1) is 11.8 Å². The van der Waals surface area contributed by atoms with Gasteiger partial charge in [0.25, 0.3) is 8.32 Å². The molecular formula is C36H46O4Si. The number of aliphatic hydroxyl groups is 1. The predicted molar refractivity (Wildman–Crippen MR) is 170 cm³/mol. The van der Waals surface area contributed by atoms with E-state index >= 15 is 0 Å². The van der Waals surface area contributed by atoms with Gasteiger partial charge in [0, 0.05) is 13.0 Å². The maximum atomic E-state index is 11.4. The van der Waals surface area contributed by atoms with Crippen LogP contribution in [0.3, 0.4) is 0 Å². The van der Waals surface area contributed by atoms with E-state index in [2.05, 4.69) is 124 Å². The molecule has 0 saturated heterocycles. The van der Waals surface area contributed by atoms with E-state index < -0.39 is 14.4 Å². The van der Waals surface area contributed by atoms with Crippen molar-refractivity contribution < 1.29 is 19.1 Å². The predicted octanol–water partition coefficient (Wildman–Crippen LogP) is 6.63. The molecule has 0 aromatic heterocycles. The molecule has 3 aromatic carbocycles. The molecule has 4 rings (SSSR count). The lowest BCUT2D eigenvalue weighted by Gasteiger charge is -2.44. The molecule has 1 aliphatic rings. The van der Waals surface area contributed by atoms with E-state index in [1.165, 1.54) is 23.0 Å². The Labute approximate surface area is 247 Å². The Hall–Kier alpha value is -2.99. The van der Waals surface area contributed by atoms with Crippen LogP contribution in [-0.2, 0) is 14.0 Å². The summed E-state index contributed by atoms with van der Waals surface area (Å²) in [5, 5.41) is 13.8. The van der Waals surface area contributed by atoms with Crippen molar-refractivity contribution in [1.82, 2.24) is 0 Å². The van der Waals surface area contributed by atoms with Crippen LogP contribution in [-0.4, -0.2) is 39.2 Å². The minimum Gasteiger partial charge on any atom is -0.469 e. The summed E-state index contributed by atoms with van der Waals surface area (Å²) in [5.41, 5.74) is 1.27. The van der Waals surface area contributed by atoms with Crippen molar-refractivity contribution in [3.8, 4) is 0 Å². The van der Waals surface area contributed by atoms with Crippen LogP contribution in [0.2, 0.25) is 5.04 Å². The second kappa shape index (κ2) is 14.3. The number of hydrogen-bond donors (Lipinski definition) is 1. The highest BCUT2D eigenvalue weighted by Gasteiger charge is 2.52. The van der Waals surface area contributed by atoms with Gasteiger partial charge in [0.2, 0.25) is 0 Å². The normalized spacial score (nSPS) is 21.3. The van der Waals surface area contributed by atoms with Gasteiger partial charge in [-0.2, -0.15) is 0 Å². The van der Waals surface area contributed by atoms with Crippen LogP contribution < -0.4 is 10.4 Å². The lowest BCUT2D eigenvalue weighted by atomic mass is 9.84. The first-order valence-electron chi connectivity index (χ1n) is 15.0. The number of hydrogen-bond acceptors (Lipinski definition) is 4. The molecule has 0 bridgehead atoms. The largest absolute Gasteiger partial charge is 0.469 e. The molecule has 0 radical (unpaired) electrons. The van der Waals surface area contributed by atoms with Gasteiger partial charge in [-0.15, -0.1) is 0 Å². The molecule has 1 fully saturated rings. The number of methoxy groups -OCH3 is 1. The standard InChI is InChI=1S/C36H46O4Si/c1-36(2,3)41(29-20-12-8-13-21-29,30-22-14-9-15-23-30)40-27-33-31(24-16-5-6-17-25-35(38)39-4)34(37)26-32(33)28-18-10-7-11-19-28/h5,7-16,18-23,31-34,37H,6,17,24-27H2,1-4H3/b16-5-/t31-,32?,33-,34-/m0/s1. The molecule has 1 saturated carbocycles. The summed E-state index contributed by atoms with van der Waals surface area (Å²) in [7, 11) is -1.28. The minimum absolute atomic E-state index is 0.0929. The molecule has 5 heteroatoms. The lowest BCUT2D eigenvalue weighted by Crippen LogP contribution is -2.67. The van der Waals surface area contributed by atoms with E-state index in [0.717, 1.165) is 25.7 Å². The topological polar surface area (TPSA) is 55.8 Å². The molecule has 1 N–H and O–H groups in total. The maximum absolute atomic E-state index is 11.4. The van der Waals surface area contributed by atoms with Gasteiger partial charge in [0.15, 0.2) is 0 Å². The molecule has 0 aliphatic heterocycles. The van der Waals surface area contributed by atoms with Crippen molar-refractivity contribution in [3.05, 3.63) is 109 Å². The van der Waals surface area contributed by atoms with Crippen LogP contribution in [0.4, 0.5) is 0 Å². The fraction of sp³-hybridized carbons (Fsp3) is 0.417. The Morgan fingerprint density at radius 2 is 1.44 bits per heavy atom. The van der Waals surface area contributed by atoms with E-state index in [4.69, 9.17) is 9.16 Å². The molecule has 1 unspecified atom stereocenters. The highest BCUT2D eigenvalue weighted by atomic mass is 28.4. The van der Waals surface area contributed by atoms with Crippen LogP contribution in [0.15, 0.2) is 103 Å². The smallest absolute Gasteiger partial charge is 0.305 e. The molecule has 41 heavy (non-hydrogen) atoms. The summed E-state index contributed by atoms with van der Waals surface area (Å²) in [6.45, 7) is 7.52. The first-order valence-corrected chi connectivity index (χ1v) is 16.9. The van der Waals surface area contributed by atoms with Crippen molar-refractivity contribution in [3.63, 3.8) is 0 Å². The van der Waals surface area contributed by atoms with E-state index in [1.807, 2.05) is 0 Å². The number of aliphatic hydroxyl groups excluding tert-OH is 1. The third-order valence-corrected chi connectivity index (χ3v) is 13.8. The number of carbonyl (C=O) groups is 1. The number of carbonyl (C=O) groups excluding carboxylic acids is 1. The maximum Gasteiger partial charge on any atom is 0.305 e. The number of unbranched alkanes of at least 4 members (excludes halogenated alkanes) is 1. The van der Waals surface area contributed by atoms with E-state index in [9.17, 15) is 9.90 Å². The van der Waals surface area contributed by atoms with Crippen molar-refractivity contribution in [1.29, 1.82) is 0 Å². The Bertz CT molecular complexity index is 1200. The zero-order valence-corrected chi connectivity index (χ0v) is 26.0. The summed E-state index contributed by atoms with van der Waals surface area (Å²) in [6, 6.07) is 32.2. The van der Waals surface area contributed by atoms with Crippen LogP contribution in [0.25, 0.3) is 0 Å². The summed E-state index contributed by atoms with van der Waals surface area (Å²) >= 11 is 0. The van der Waals surface area contributed by atoms with Crippen LogP contribution in [0.1, 0.15) is 64.4 Å². The Balaban J connectivity index is 1.64. The van der Waals surface area contributed by atoms with E-state index in [1.54, 1.807) is 0 Å². The molecule has 4 atom stereocenters. The highest BCUT2D eigenvalue weighted by Crippen LogP contribution is 2.47. The molecule has 1 aliphatic carbocycles. The Morgan fingerprint density at radius 3 is 1.98 bits per heavy atom. The van der Waals surface area contributed by atoms with Gasteiger partial charge in [-0.25, -0.2) is 0 Å². The second-order valence-electron chi connectivity index (χ2n) is 12.3. The first-order chi connectivity index (χ1) is 19.8. The number of allylic oxidation sites excluding steroid dienone is 2. The fourth-order valence-electron chi connectivity index (χ4n) is 6.67. The lowest BCUT2D eigenvalue weighted by molar-refractivity contribution is -0.140. The molecule has 218 valence electrons. The average molecular weight is 571 g/mol. The molecule has 0 spiro atoms. The van der Waals surface area contributed by atoms with Crippen molar-refractivity contribution in [2.75, 3.05) is 13.7 Å². The number of rotatable bonds is 12. The summed E-state index contributed by atoms with van der Waals surface area (Å²) in [5.74, 6) is 0.321. The molecule has 0 amide bonds. The zero-order valence-electron chi connectivity index (χ0n) is 25.0. The zero-order chi connectivity index (χ0) is 29.3. The number of esters is 1. The summed E-state index contributed by atoms with van der Waals surface area (Å²) in [4.78, 5) is 11.4. The SMILES string of the molecule is COC(=O)CCC/C=C\C[C@H]1[C@H](CO[Si](c2ccccc2)(c2ccccc2)C(C)(C)C)C(c2ccccc2)C[C@@H]1O. The van der Waals surface area contributed by atoms with Crippen molar-refractivity contribution in [2.24, 2.45) is 11.8 Å². The van der Waals surface area contributed by atoms with Crippen LogP contribution in [0.5, 0.6) is 0 Å². The third-order valence-electron chi connectivity index (χ3n) is 8.75. The van der Waals surface area contributed by atoms with Gasteiger partial charge in [0.1, 0.15) is 0 Å². The molecule has 3 aromatic rings. The number of ether oxygens (including phenoxy) is 1. The molecular weight excluding hydrogens is 524 g/mol. The molecule has 0 heterocycles. The fourth-order valence-corrected chi connectivity index (χ4v) is 11.3. The van der Waals surface area contributed by atoms with Gasteiger partial charge in [-0.1, -0.05) is 124 Å². The minimum atomic E-state index is -2.71. The van der Waals surface area contributed by atoms with Gasteiger partial charge >= 0.3 is 5.97 Å². The quantitative estimate of drug-likeness (QED) is 0.115. The van der Waals surface area contributed by atoms with E-state index in [0.29, 0.717) is 13.0 Å². The van der Waals surface area contributed by atoms with Crippen LogP contribution >= 0.6 is 0 Å². The van der Waals surface area contributed by atoms with Crippen molar-refractivity contribution in [2.45, 2.75) is 69.9 Å². The first kappa shape index (κ1) is 31.0. The second-order valence-corrected chi connectivity index (χ2v) is 16.6. The summed E-state index contributed by atoms with van der Waals surface area (Å²) in [6.07, 6.45) is 7.48. The third kappa shape index (κ3) is 7.27. The van der Waals surface area contributed by atoms with E-state index in [-0.39, 0.29) is 28.8 Å². The molecule has 4 nitrogen and oxygen atoms in total. The van der Waals surface area contributed by atoms with Crippen molar-refractivity contribution >= 4 is 24.7 Å². The average Bonchev–Trinajstić information content (AvgIpc) is 3.30. The Morgan fingerprint density at radius 1 is 0.878 bits per heavy atom. The summed E-state index contributed by atoms with van der Waals surface area (Å²) < 4.78 is 12.2. The van der Waals surface area contributed by atoms with Gasteiger partial charge in [0.05, 0.1) is 13.2 Å². The Kier molecular flexibility index (Phi) is 10.8. The monoisotopic (exact) mass is 570 g/mol. The number of benzene rings is 3. The van der Waals surface area contributed by atoms with Gasteiger partial charge < -0.3 is 14.3 Å². The highest BCUT2D eigenvalue weighted by molar-refractivity contribution is 6.99. The van der Waals surface area contributed by atoms with Gasteiger partial charge in [-0.05, 0) is 64.4 Å². The van der Waals surface area contributed by atoms with Gasteiger partial charge in [-0.3, -0.25) is 4.79 Å².